The molecule has 1 aromatic carbocycles. The maximum absolute atomic E-state index is 12.0. The van der Waals surface area contributed by atoms with Crippen molar-refractivity contribution in [2.24, 2.45) is 5.73 Å². The number of hydrogen-bond acceptors (Lipinski definition) is 5. The van der Waals surface area contributed by atoms with E-state index in [2.05, 4.69) is 15.5 Å². The molecule has 0 bridgehead atoms. The highest BCUT2D eigenvalue weighted by atomic mass is 16.5. The minimum Gasteiger partial charge on any atom is -0.494 e. The first-order valence-corrected chi connectivity index (χ1v) is 6.28. The average Bonchev–Trinajstić information content (AvgIpc) is 2.50. The van der Waals surface area contributed by atoms with Gasteiger partial charge in [0.2, 0.25) is 0 Å². The summed E-state index contributed by atoms with van der Waals surface area (Å²) in [5.74, 6) is 0.491. The predicted octanol–water partition coefficient (Wildman–Crippen LogP) is 1.59. The van der Waals surface area contributed by atoms with Gasteiger partial charge in [-0.1, -0.05) is 0 Å². The van der Waals surface area contributed by atoms with Gasteiger partial charge in [0.15, 0.2) is 0 Å². The summed E-state index contributed by atoms with van der Waals surface area (Å²) < 4.78 is 5.46. The van der Waals surface area contributed by atoms with Crippen LogP contribution in [0.3, 0.4) is 0 Å². The molecule has 1 amide bonds. The van der Waals surface area contributed by atoms with Gasteiger partial charge in [-0.25, -0.2) is 0 Å². The van der Waals surface area contributed by atoms with E-state index in [1.807, 2.05) is 6.92 Å². The maximum atomic E-state index is 12.0. The molecule has 1 aromatic heterocycles. The lowest BCUT2D eigenvalue weighted by molar-refractivity contribution is 0.102. The first-order chi connectivity index (χ1) is 9.74. The Balaban J connectivity index is 2.16. The maximum Gasteiger partial charge on any atom is 0.257 e. The fourth-order valence-corrected chi connectivity index (χ4v) is 1.74. The van der Waals surface area contributed by atoms with Gasteiger partial charge in [-0.2, -0.15) is 10.2 Å². The van der Waals surface area contributed by atoms with Gasteiger partial charge in [-0.15, -0.1) is 0 Å². The molecule has 0 atom stereocenters. The summed E-state index contributed by atoms with van der Waals surface area (Å²) in [5.41, 5.74) is 7.64. The summed E-state index contributed by atoms with van der Waals surface area (Å²) in [4.78, 5) is 12.0. The van der Waals surface area contributed by atoms with Gasteiger partial charge >= 0.3 is 0 Å². The molecule has 6 nitrogen and oxygen atoms in total. The number of nitrogens with two attached hydrogens (primary N) is 1. The Labute approximate surface area is 117 Å². The topological polar surface area (TPSA) is 90.1 Å². The van der Waals surface area contributed by atoms with E-state index < -0.39 is 0 Å². The van der Waals surface area contributed by atoms with Gasteiger partial charge in [-0.05, 0) is 31.2 Å². The molecule has 0 aliphatic rings. The second-order valence-corrected chi connectivity index (χ2v) is 4.04. The van der Waals surface area contributed by atoms with E-state index in [1.165, 1.54) is 12.4 Å². The van der Waals surface area contributed by atoms with Crippen LogP contribution in [0.4, 0.5) is 5.69 Å². The first kappa shape index (κ1) is 14.0. The van der Waals surface area contributed by atoms with Crippen molar-refractivity contribution in [2.45, 2.75) is 13.5 Å². The van der Waals surface area contributed by atoms with Crippen LogP contribution in [0.2, 0.25) is 0 Å². The standard InChI is InChI=1S/C14H16N4O2/c1-2-20-13-4-3-12(7-11(13)8-15)18-14(19)10-5-6-16-17-9-10/h3-7,9H,2,8,15H2,1H3,(H,18,19). The number of nitrogens with one attached hydrogen (secondary N) is 1. The van der Waals surface area contributed by atoms with Crippen molar-refractivity contribution in [2.75, 3.05) is 11.9 Å². The summed E-state index contributed by atoms with van der Waals surface area (Å²) in [7, 11) is 0. The monoisotopic (exact) mass is 272 g/mol. The number of hydrogen-bond donors (Lipinski definition) is 2. The molecule has 104 valence electrons. The lowest BCUT2D eigenvalue weighted by Gasteiger charge is -2.11. The van der Waals surface area contributed by atoms with Crippen LogP contribution in [0.25, 0.3) is 0 Å². The highest BCUT2D eigenvalue weighted by molar-refractivity contribution is 6.04. The van der Waals surface area contributed by atoms with E-state index in [0.29, 0.717) is 24.4 Å². The molecule has 3 N–H and O–H groups in total. The summed E-state index contributed by atoms with van der Waals surface area (Å²) in [6.45, 7) is 2.82. The van der Waals surface area contributed by atoms with Gasteiger partial charge in [-0.3, -0.25) is 4.79 Å². The molecule has 0 aliphatic carbocycles. The number of carbonyl (C=O) groups is 1. The Morgan fingerprint density at radius 2 is 2.20 bits per heavy atom. The van der Waals surface area contributed by atoms with Crippen molar-refractivity contribution < 1.29 is 9.53 Å². The Kier molecular flexibility index (Phi) is 4.62. The molecule has 0 saturated heterocycles. The average molecular weight is 272 g/mol. The minimum absolute atomic E-state index is 0.243. The summed E-state index contributed by atoms with van der Waals surface area (Å²) >= 11 is 0. The number of aromatic nitrogens is 2. The van der Waals surface area contributed by atoms with Crippen LogP contribution in [0, 0.1) is 0 Å². The van der Waals surface area contributed by atoms with Crippen LogP contribution >= 0.6 is 0 Å². The number of carbonyl (C=O) groups excluding carboxylic acids is 1. The predicted molar refractivity (Wildman–Crippen MR) is 75.5 cm³/mol. The van der Waals surface area contributed by atoms with Crippen LogP contribution in [0.1, 0.15) is 22.8 Å². The van der Waals surface area contributed by atoms with Crippen molar-refractivity contribution in [3.8, 4) is 5.75 Å². The van der Waals surface area contributed by atoms with Crippen LogP contribution in [-0.2, 0) is 6.54 Å². The molecule has 0 spiro atoms. The second kappa shape index (κ2) is 6.63. The van der Waals surface area contributed by atoms with E-state index in [-0.39, 0.29) is 5.91 Å². The van der Waals surface area contributed by atoms with Crippen molar-refractivity contribution in [3.05, 3.63) is 47.8 Å². The molecular weight excluding hydrogens is 256 g/mol. The zero-order chi connectivity index (χ0) is 14.4. The Hall–Kier alpha value is -2.47. The van der Waals surface area contributed by atoms with Crippen molar-refractivity contribution in [3.63, 3.8) is 0 Å². The lowest BCUT2D eigenvalue weighted by Crippen LogP contribution is -2.13. The second-order valence-electron chi connectivity index (χ2n) is 4.04. The number of ether oxygens (including phenoxy) is 1. The van der Waals surface area contributed by atoms with E-state index in [4.69, 9.17) is 10.5 Å². The van der Waals surface area contributed by atoms with Crippen molar-refractivity contribution >= 4 is 11.6 Å². The SMILES string of the molecule is CCOc1ccc(NC(=O)c2ccnnc2)cc1CN. The van der Waals surface area contributed by atoms with Crippen molar-refractivity contribution in [1.29, 1.82) is 0 Å². The lowest BCUT2D eigenvalue weighted by atomic mass is 10.1. The Morgan fingerprint density at radius 3 is 2.85 bits per heavy atom. The third-order valence-corrected chi connectivity index (χ3v) is 2.68. The van der Waals surface area contributed by atoms with E-state index in [1.54, 1.807) is 24.3 Å². The van der Waals surface area contributed by atoms with Gasteiger partial charge < -0.3 is 15.8 Å². The zero-order valence-corrected chi connectivity index (χ0v) is 11.2. The molecule has 0 saturated carbocycles. The highest BCUT2D eigenvalue weighted by Crippen LogP contribution is 2.22. The minimum atomic E-state index is -0.243. The van der Waals surface area contributed by atoms with Crippen LogP contribution in [0.5, 0.6) is 5.75 Å². The number of benzene rings is 1. The Bertz CT molecular complexity index is 587. The van der Waals surface area contributed by atoms with Gasteiger partial charge in [0, 0.05) is 17.8 Å². The molecule has 0 aliphatic heterocycles. The third-order valence-electron chi connectivity index (χ3n) is 2.68. The van der Waals surface area contributed by atoms with E-state index >= 15 is 0 Å². The largest absolute Gasteiger partial charge is 0.494 e. The molecule has 1 heterocycles. The third kappa shape index (κ3) is 3.30. The Morgan fingerprint density at radius 1 is 1.35 bits per heavy atom. The first-order valence-electron chi connectivity index (χ1n) is 6.28. The van der Waals surface area contributed by atoms with Gasteiger partial charge in [0.05, 0.1) is 24.6 Å². The molecule has 0 radical (unpaired) electrons. The van der Waals surface area contributed by atoms with Gasteiger partial charge in [0.25, 0.3) is 5.91 Å². The number of nitrogens with zero attached hydrogens (tertiary/aromatic N) is 2. The van der Waals surface area contributed by atoms with Crippen LogP contribution in [0.15, 0.2) is 36.7 Å². The summed E-state index contributed by atoms with van der Waals surface area (Å²) in [5, 5.41) is 10.1. The van der Waals surface area contributed by atoms with Crippen LogP contribution < -0.4 is 15.8 Å². The zero-order valence-electron chi connectivity index (χ0n) is 11.2. The molecule has 0 fully saturated rings. The fourth-order valence-electron chi connectivity index (χ4n) is 1.74. The quantitative estimate of drug-likeness (QED) is 0.862. The number of rotatable bonds is 5. The van der Waals surface area contributed by atoms with Crippen LogP contribution in [-0.4, -0.2) is 22.7 Å². The molecule has 2 aromatic rings. The number of amides is 1. The molecule has 20 heavy (non-hydrogen) atoms. The molecule has 0 unspecified atom stereocenters. The summed E-state index contributed by atoms with van der Waals surface area (Å²) in [6.07, 6.45) is 2.88. The summed E-state index contributed by atoms with van der Waals surface area (Å²) in [6, 6.07) is 6.97. The normalized spacial score (nSPS) is 10.1. The smallest absolute Gasteiger partial charge is 0.257 e. The van der Waals surface area contributed by atoms with E-state index in [9.17, 15) is 4.79 Å². The fraction of sp³-hybridized carbons (Fsp3) is 0.214. The van der Waals surface area contributed by atoms with Crippen molar-refractivity contribution in [1.82, 2.24) is 10.2 Å². The van der Waals surface area contributed by atoms with Gasteiger partial charge in [0.1, 0.15) is 5.75 Å². The molecule has 6 heteroatoms. The highest BCUT2D eigenvalue weighted by Gasteiger charge is 2.08. The van der Waals surface area contributed by atoms with E-state index in [0.717, 1.165) is 11.3 Å². The molecular formula is C14H16N4O2. The molecule has 2 rings (SSSR count). The number of anilines is 1.